The van der Waals surface area contributed by atoms with Gasteiger partial charge in [-0.25, -0.2) is 0 Å². The van der Waals surface area contributed by atoms with E-state index in [9.17, 15) is 14.4 Å². The van der Waals surface area contributed by atoms with Crippen molar-refractivity contribution in [1.29, 1.82) is 0 Å². The molecule has 0 aliphatic carbocycles. The predicted octanol–water partition coefficient (Wildman–Crippen LogP) is 3.20. The van der Waals surface area contributed by atoms with Gasteiger partial charge in [0.25, 0.3) is 5.91 Å². The second-order valence-electron chi connectivity index (χ2n) is 7.35. The van der Waals surface area contributed by atoms with Crippen LogP contribution in [0, 0.1) is 0 Å². The Morgan fingerprint density at radius 2 is 1.63 bits per heavy atom. The van der Waals surface area contributed by atoms with Crippen molar-refractivity contribution < 1.29 is 14.4 Å². The molecule has 3 amide bonds. The average Bonchev–Trinajstić information content (AvgIpc) is 3.28. The summed E-state index contributed by atoms with van der Waals surface area (Å²) in [6.07, 6.45) is 1.37. The number of anilines is 1. The Kier molecular flexibility index (Phi) is 5.75. The van der Waals surface area contributed by atoms with Crippen LogP contribution in [0.3, 0.4) is 0 Å². The van der Waals surface area contributed by atoms with Crippen LogP contribution in [-0.2, 0) is 9.59 Å². The summed E-state index contributed by atoms with van der Waals surface area (Å²) < 4.78 is 0. The average molecular weight is 401 g/mol. The van der Waals surface area contributed by atoms with Gasteiger partial charge in [-0.15, -0.1) is 0 Å². The number of nitrogens with zero attached hydrogens (tertiary/aromatic N) is 1. The maximum Gasteiger partial charge on any atom is 0.251 e. The number of benzene rings is 3. The number of amides is 3. The summed E-state index contributed by atoms with van der Waals surface area (Å²) in [7, 11) is 0. The lowest BCUT2D eigenvalue weighted by Gasteiger charge is -2.24. The van der Waals surface area contributed by atoms with E-state index in [1.807, 2.05) is 48.5 Å². The van der Waals surface area contributed by atoms with E-state index in [1.165, 1.54) is 0 Å². The fourth-order valence-electron chi connectivity index (χ4n) is 3.78. The largest absolute Gasteiger partial charge is 0.343 e. The predicted molar refractivity (Wildman–Crippen MR) is 116 cm³/mol. The minimum atomic E-state index is -0.530. The van der Waals surface area contributed by atoms with E-state index in [1.54, 1.807) is 29.2 Å². The number of carbonyl (C=O) groups excluding carboxylic acids is 3. The number of hydrogen-bond donors (Lipinski definition) is 2. The maximum atomic E-state index is 12.8. The van der Waals surface area contributed by atoms with Crippen LogP contribution in [0.5, 0.6) is 0 Å². The van der Waals surface area contributed by atoms with Gasteiger partial charge in [0.05, 0.1) is 6.54 Å². The van der Waals surface area contributed by atoms with Crippen molar-refractivity contribution in [2.45, 2.75) is 18.9 Å². The highest BCUT2D eigenvalue weighted by Gasteiger charge is 2.34. The Labute approximate surface area is 174 Å². The molecule has 6 heteroatoms. The highest BCUT2D eigenvalue weighted by molar-refractivity contribution is 6.00. The van der Waals surface area contributed by atoms with Crippen molar-refractivity contribution >= 4 is 34.2 Å². The quantitative estimate of drug-likeness (QED) is 0.689. The van der Waals surface area contributed by atoms with Crippen LogP contribution in [0.15, 0.2) is 72.8 Å². The molecule has 152 valence electrons. The molecule has 1 aliphatic rings. The van der Waals surface area contributed by atoms with E-state index in [0.29, 0.717) is 24.2 Å². The Hall–Kier alpha value is -3.67. The Morgan fingerprint density at radius 3 is 2.43 bits per heavy atom. The zero-order chi connectivity index (χ0) is 20.9. The van der Waals surface area contributed by atoms with Gasteiger partial charge in [-0.3, -0.25) is 14.4 Å². The van der Waals surface area contributed by atoms with Crippen molar-refractivity contribution in [2.75, 3.05) is 18.4 Å². The molecule has 1 heterocycles. The highest BCUT2D eigenvalue weighted by Crippen LogP contribution is 2.22. The van der Waals surface area contributed by atoms with Crippen molar-refractivity contribution in [1.82, 2.24) is 10.2 Å². The Balaban J connectivity index is 1.37. The molecular weight excluding hydrogens is 378 g/mol. The van der Waals surface area contributed by atoms with E-state index >= 15 is 0 Å². The molecule has 1 atom stereocenters. The highest BCUT2D eigenvalue weighted by atomic mass is 16.2. The fraction of sp³-hybridized carbons (Fsp3) is 0.208. The SMILES string of the molecule is O=C(NCC(=O)N1CCC[C@H]1C(=O)Nc1ccc2ccccc2c1)c1ccccc1. The molecule has 0 unspecified atom stereocenters. The molecule has 3 aromatic rings. The second-order valence-corrected chi connectivity index (χ2v) is 7.35. The monoisotopic (exact) mass is 401 g/mol. The fourth-order valence-corrected chi connectivity index (χ4v) is 3.78. The topological polar surface area (TPSA) is 78.5 Å². The summed E-state index contributed by atoms with van der Waals surface area (Å²) in [4.78, 5) is 39.2. The van der Waals surface area contributed by atoms with Gasteiger partial charge in [-0.1, -0.05) is 48.5 Å². The van der Waals surface area contributed by atoms with Crippen molar-refractivity contribution in [3.05, 3.63) is 78.4 Å². The maximum absolute atomic E-state index is 12.8. The van der Waals surface area contributed by atoms with Crippen LogP contribution in [0.25, 0.3) is 10.8 Å². The number of carbonyl (C=O) groups is 3. The minimum absolute atomic E-state index is 0.131. The Morgan fingerprint density at radius 1 is 0.900 bits per heavy atom. The standard InChI is InChI=1S/C24H23N3O3/c28-22(16-25-23(29)18-8-2-1-3-9-18)27-14-6-11-21(27)24(30)26-20-13-12-17-7-4-5-10-19(17)15-20/h1-5,7-10,12-13,15,21H,6,11,14,16H2,(H,25,29)(H,26,30)/t21-/m0/s1. The number of hydrogen-bond acceptors (Lipinski definition) is 3. The van der Waals surface area contributed by atoms with Crippen LogP contribution in [0.1, 0.15) is 23.2 Å². The summed E-state index contributed by atoms with van der Waals surface area (Å²) in [5.41, 5.74) is 1.20. The molecule has 6 nitrogen and oxygen atoms in total. The first kappa shape index (κ1) is 19.6. The summed E-state index contributed by atoms with van der Waals surface area (Å²) in [6, 6.07) is 21.9. The van der Waals surface area contributed by atoms with Gasteiger partial charge in [0, 0.05) is 17.8 Å². The van der Waals surface area contributed by atoms with Crippen LogP contribution >= 0.6 is 0 Å². The zero-order valence-corrected chi connectivity index (χ0v) is 16.5. The van der Waals surface area contributed by atoms with E-state index in [2.05, 4.69) is 10.6 Å². The molecule has 0 bridgehead atoms. The van der Waals surface area contributed by atoms with Crippen LogP contribution < -0.4 is 10.6 Å². The van der Waals surface area contributed by atoms with E-state index in [0.717, 1.165) is 17.2 Å². The number of rotatable bonds is 5. The van der Waals surface area contributed by atoms with Gasteiger partial charge in [-0.05, 0) is 47.9 Å². The van der Waals surface area contributed by atoms with E-state index < -0.39 is 6.04 Å². The lowest BCUT2D eigenvalue weighted by Crippen LogP contribution is -2.47. The third kappa shape index (κ3) is 4.33. The number of fused-ring (bicyclic) bond motifs is 1. The van der Waals surface area contributed by atoms with E-state index in [4.69, 9.17) is 0 Å². The third-order valence-electron chi connectivity index (χ3n) is 5.33. The minimum Gasteiger partial charge on any atom is -0.343 e. The smallest absolute Gasteiger partial charge is 0.251 e. The molecule has 0 spiro atoms. The molecule has 1 saturated heterocycles. The van der Waals surface area contributed by atoms with Gasteiger partial charge in [0.2, 0.25) is 11.8 Å². The lowest BCUT2D eigenvalue weighted by molar-refractivity contribution is -0.135. The van der Waals surface area contributed by atoms with Gasteiger partial charge in [0.15, 0.2) is 0 Å². The van der Waals surface area contributed by atoms with Gasteiger partial charge in [0.1, 0.15) is 6.04 Å². The molecule has 30 heavy (non-hydrogen) atoms. The zero-order valence-electron chi connectivity index (χ0n) is 16.5. The third-order valence-corrected chi connectivity index (χ3v) is 5.33. The molecule has 3 aromatic carbocycles. The second kappa shape index (κ2) is 8.78. The van der Waals surface area contributed by atoms with Crippen molar-refractivity contribution in [3.8, 4) is 0 Å². The van der Waals surface area contributed by atoms with E-state index in [-0.39, 0.29) is 24.3 Å². The van der Waals surface area contributed by atoms with Gasteiger partial charge < -0.3 is 15.5 Å². The number of nitrogens with one attached hydrogen (secondary N) is 2. The molecule has 0 aromatic heterocycles. The molecule has 0 radical (unpaired) electrons. The molecule has 0 saturated carbocycles. The first-order chi connectivity index (χ1) is 14.6. The first-order valence-electron chi connectivity index (χ1n) is 10.0. The molecule has 1 fully saturated rings. The number of likely N-dealkylation sites (tertiary alicyclic amines) is 1. The van der Waals surface area contributed by atoms with Gasteiger partial charge >= 0.3 is 0 Å². The Bertz CT molecular complexity index is 1080. The van der Waals surface area contributed by atoms with Crippen LogP contribution in [0.4, 0.5) is 5.69 Å². The van der Waals surface area contributed by atoms with Crippen molar-refractivity contribution in [3.63, 3.8) is 0 Å². The summed E-state index contributed by atoms with van der Waals surface area (Å²) in [5.74, 6) is -0.763. The summed E-state index contributed by atoms with van der Waals surface area (Å²) in [6.45, 7) is 0.378. The molecule has 2 N–H and O–H groups in total. The first-order valence-corrected chi connectivity index (χ1v) is 10.0. The molecule has 1 aliphatic heterocycles. The summed E-state index contributed by atoms with van der Waals surface area (Å²) in [5, 5.41) is 7.71. The summed E-state index contributed by atoms with van der Waals surface area (Å²) >= 11 is 0. The van der Waals surface area contributed by atoms with Gasteiger partial charge in [-0.2, -0.15) is 0 Å². The molecule has 4 rings (SSSR count). The van der Waals surface area contributed by atoms with Crippen LogP contribution in [0.2, 0.25) is 0 Å². The lowest BCUT2D eigenvalue weighted by atomic mass is 10.1. The van der Waals surface area contributed by atoms with Crippen LogP contribution in [-0.4, -0.2) is 41.8 Å². The molecular formula is C24H23N3O3. The normalized spacial score (nSPS) is 15.7. The van der Waals surface area contributed by atoms with Crippen molar-refractivity contribution in [2.24, 2.45) is 0 Å².